The van der Waals surface area contributed by atoms with Crippen molar-refractivity contribution in [3.05, 3.63) is 63.9 Å². The molecule has 1 fully saturated rings. The highest BCUT2D eigenvalue weighted by Crippen LogP contribution is 2.34. The van der Waals surface area contributed by atoms with Gasteiger partial charge in [-0.3, -0.25) is 0 Å². The van der Waals surface area contributed by atoms with Gasteiger partial charge in [-0.2, -0.15) is 0 Å². The number of nitrogens with one attached hydrogen (secondary N) is 1. The molecule has 2 aromatic carbocycles. The lowest BCUT2D eigenvalue weighted by molar-refractivity contribution is 0.287. The SMILES string of the molecule is Fc1cc(C2CCCCN2)cc(Br)c1OCc1ccccc1. The van der Waals surface area contributed by atoms with Crippen molar-refractivity contribution in [2.75, 3.05) is 6.54 Å². The number of hydrogen-bond donors (Lipinski definition) is 1. The molecule has 116 valence electrons. The van der Waals surface area contributed by atoms with Gasteiger partial charge in [0.25, 0.3) is 0 Å². The molecule has 0 aliphatic carbocycles. The van der Waals surface area contributed by atoms with E-state index >= 15 is 0 Å². The summed E-state index contributed by atoms with van der Waals surface area (Å²) in [5.41, 5.74) is 2.00. The zero-order chi connectivity index (χ0) is 15.4. The molecule has 1 unspecified atom stereocenters. The van der Waals surface area contributed by atoms with Crippen molar-refractivity contribution in [2.45, 2.75) is 31.9 Å². The molecule has 0 aromatic heterocycles. The average molecular weight is 364 g/mol. The van der Waals surface area contributed by atoms with Gasteiger partial charge >= 0.3 is 0 Å². The molecule has 1 N–H and O–H groups in total. The minimum Gasteiger partial charge on any atom is -0.485 e. The van der Waals surface area contributed by atoms with Gasteiger partial charge in [0.2, 0.25) is 0 Å². The second kappa shape index (κ2) is 7.25. The molecule has 2 aromatic rings. The van der Waals surface area contributed by atoms with E-state index in [1.165, 1.54) is 12.8 Å². The zero-order valence-electron chi connectivity index (χ0n) is 12.3. The maximum atomic E-state index is 14.4. The molecule has 0 radical (unpaired) electrons. The van der Waals surface area contributed by atoms with Crippen LogP contribution in [-0.2, 0) is 6.61 Å². The van der Waals surface area contributed by atoms with E-state index in [0.29, 0.717) is 11.1 Å². The van der Waals surface area contributed by atoms with Crippen molar-refractivity contribution in [1.29, 1.82) is 0 Å². The number of halogens is 2. The molecule has 22 heavy (non-hydrogen) atoms. The third kappa shape index (κ3) is 3.68. The monoisotopic (exact) mass is 363 g/mol. The normalized spacial score (nSPS) is 18.2. The summed E-state index contributed by atoms with van der Waals surface area (Å²) in [6.45, 7) is 1.35. The lowest BCUT2D eigenvalue weighted by Crippen LogP contribution is -2.26. The topological polar surface area (TPSA) is 21.3 Å². The smallest absolute Gasteiger partial charge is 0.169 e. The van der Waals surface area contributed by atoms with Crippen molar-refractivity contribution in [1.82, 2.24) is 5.32 Å². The van der Waals surface area contributed by atoms with Crippen LogP contribution < -0.4 is 10.1 Å². The van der Waals surface area contributed by atoms with Gasteiger partial charge in [-0.1, -0.05) is 36.8 Å². The van der Waals surface area contributed by atoms with Gasteiger partial charge in [0.15, 0.2) is 11.6 Å². The highest BCUT2D eigenvalue weighted by Gasteiger charge is 2.19. The highest BCUT2D eigenvalue weighted by atomic mass is 79.9. The highest BCUT2D eigenvalue weighted by molar-refractivity contribution is 9.10. The van der Waals surface area contributed by atoms with Crippen molar-refractivity contribution >= 4 is 15.9 Å². The number of rotatable bonds is 4. The first-order valence-corrected chi connectivity index (χ1v) is 8.42. The molecule has 4 heteroatoms. The Morgan fingerprint density at radius 2 is 2.00 bits per heavy atom. The lowest BCUT2D eigenvalue weighted by atomic mass is 9.97. The number of benzene rings is 2. The Kier molecular flexibility index (Phi) is 5.11. The van der Waals surface area contributed by atoms with Gasteiger partial charge in [-0.25, -0.2) is 4.39 Å². The summed E-state index contributed by atoms with van der Waals surface area (Å²) in [7, 11) is 0. The van der Waals surface area contributed by atoms with Crippen LogP contribution in [0.3, 0.4) is 0 Å². The molecular weight excluding hydrogens is 345 g/mol. The first kappa shape index (κ1) is 15.5. The Morgan fingerprint density at radius 3 is 2.68 bits per heavy atom. The molecule has 1 aliphatic heterocycles. The fraction of sp³-hybridized carbons (Fsp3) is 0.333. The van der Waals surface area contributed by atoms with E-state index in [-0.39, 0.29) is 17.6 Å². The maximum absolute atomic E-state index is 14.4. The van der Waals surface area contributed by atoms with Crippen LogP contribution in [0.5, 0.6) is 5.75 Å². The van der Waals surface area contributed by atoms with Crippen LogP contribution in [0.1, 0.15) is 36.4 Å². The Bertz CT molecular complexity index is 603. The van der Waals surface area contributed by atoms with Crippen molar-refractivity contribution in [3.63, 3.8) is 0 Å². The molecule has 3 rings (SSSR count). The average Bonchev–Trinajstić information content (AvgIpc) is 2.56. The first-order valence-electron chi connectivity index (χ1n) is 7.63. The van der Waals surface area contributed by atoms with Gasteiger partial charge in [0.05, 0.1) is 4.47 Å². The predicted octanol–water partition coefficient (Wildman–Crippen LogP) is 4.98. The minimum absolute atomic E-state index is 0.239. The molecule has 0 spiro atoms. The molecule has 1 heterocycles. The van der Waals surface area contributed by atoms with Crippen LogP contribution in [0.25, 0.3) is 0 Å². The van der Waals surface area contributed by atoms with Crippen LogP contribution in [0.15, 0.2) is 46.9 Å². The molecular formula is C18H19BrFNO. The summed E-state index contributed by atoms with van der Waals surface area (Å²) in [5.74, 6) is -0.0314. The van der Waals surface area contributed by atoms with Crippen LogP contribution >= 0.6 is 15.9 Å². The first-order chi connectivity index (χ1) is 10.7. The third-order valence-corrected chi connectivity index (χ3v) is 4.55. The maximum Gasteiger partial charge on any atom is 0.169 e. The standard InChI is InChI=1S/C18H19BrFNO/c19-15-10-14(17-8-4-5-9-21-17)11-16(20)18(15)22-12-13-6-2-1-3-7-13/h1-3,6-7,10-11,17,21H,4-5,8-9,12H2. The minimum atomic E-state index is -0.312. The van der Waals surface area contributed by atoms with Gasteiger partial charge in [-0.05, 0) is 58.6 Å². The summed E-state index contributed by atoms with van der Waals surface area (Å²) in [4.78, 5) is 0. The Labute approximate surface area is 138 Å². The predicted molar refractivity (Wildman–Crippen MR) is 89.5 cm³/mol. The molecule has 0 amide bonds. The fourth-order valence-electron chi connectivity index (χ4n) is 2.78. The van der Waals surface area contributed by atoms with Crippen molar-refractivity contribution in [3.8, 4) is 5.75 Å². The summed E-state index contributed by atoms with van der Waals surface area (Å²) in [5, 5.41) is 3.44. The Hall–Kier alpha value is -1.39. The van der Waals surface area contributed by atoms with E-state index < -0.39 is 0 Å². The van der Waals surface area contributed by atoms with Gasteiger partial charge in [0, 0.05) is 6.04 Å². The molecule has 1 aliphatic rings. The molecule has 2 nitrogen and oxygen atoms in total. The quantitative estimate of drug-likeness (QED) is 0.826. The third-order valence-electron chi connectivity index (χ3n) is 3.96. The van der Waals surface area contributed by atoms with Gasteiger partial charge in [-0.15, -0.1) is 0 Å². The number of piperidine rings is 1. The molecule has 0 saturated carbocycles. The van der Waals surface area contributed by atoms with Gasteiger partial charge in [0.1, 0.15) is 6.61 Å². The van der Waals surface area contributed by atoms with E-state index in [0.717, 1.165) is 24.1 Å². The molecule has 1 saturated heterocycles. The van der Waals surface area contributed by atoms with Gasteiger partial charge < -0.3 is 10.1 Å². The number of ether oxygens (including phenoxy) is 1. The van der Waals surface area contributed by atoms with Crippen LogP contribution in [0.2, 0.25) is 0 Å². The van der Waals surface area contributed by atoms with E-state index in [4.69, 9.17) is 4.74 Å². The second-order valence-corrected chi connectivity index (χ2v) is 6.44. The Morgan fingerprint density at radius 1 is 1.18 bits per heavy atom. The Balaban J connectivity index is 1.74. The molecule has 1 atom stereocenters. The zero-order valence-corrected chi connectivity index (χ0v) is 13.9. The fourth-order valence-corrected chi connectivity index (χ4v) is 3.35. The van der Waals surface area contributed by atoms with E-state index in [1.807, 2.05) is 36.4 Å². The van der Waals surface area contributed by atoms with Crippen molar-refractivity contribution < 1.29 is 9.13 Å². The van der Waals surface area contributed by atoms with E-state index in [9.17, 15) is 4.39 Å². The van der Waals surface area contributed by atoms with Crippen LogP contribution in [0, 0.1) is 5.82 Å². The van der Waals surface area contributed by atoms with E-state index in [1.54, 1.807) is 6.07 Å². The van der Waals surface area contributed by atoms with Crippen molar-refractivity contribution in [2.24, 2.45) is 0 Å². The lowest BCUT2D eigenvalue weighted by Gasteiger charge is -2.24. The summed E-state index contributed by atoms with van der Waals surface area (Å²) >= 11 is 3.45. The summed E-state index contributed by atoms with van der Waals surface area (Å²) < 4.78 is 20.7. The summed E-state index contributed by atoms with van der Waals surface area (Å²) in [6, 6.07) is 13.6. The van der Waals surface area contributed by atoms with E-state index in [2.05, 4.69) is 21.2 Å². The largest absolute Gasteiger partial charge is 0.485 e. The second-order valence-electron chi connectivity index (χ2n) is 5.59. The summed E-state index contributed by atoms with van der Waals surface area (Å²) in [6.07, 6.45) is 3.43. The van der Waals surface area contributed by atoms with Crippen LogP contribution in [0.4, 0.5) is 4.39 Å². The molecule has 0 bridgehead atoms. The van der Waals surface area contributed by atoms with Crippen LogP contribution in [-0.4, -0.2) is 6.54 Å². The number of hydrogen-bond acceptors (Lipinski definition) is 2.